The predicted octanol–water partition coefficient (Wildman–Crippen LogP) is 29.5. The van der Waals surface area contributed by atoms with Gasteiger partial charge in [-0.1, -0.05) is 430 Å². The van der Waals surface area contributed by atoms with Crippen molar-refractivity contribution in [1.82, 2.24) is 39.9 Å². The highest BCUT2D eigenvalue weighted by atomic mass is 32.2. The molecule has 2 spiro atoms. The molecule has 0 bridgehead atoms. The van der Waals surface area contributed by atoms with Gasteiger partial charge in [-0.3, -0.25) is 0 Å². The Labute approximate surface area is 748 Å². The quantitative estimate of drug-likeness (QED) is 0.123. The molecule has 8 nitrogen and oxygen atoms in total. The van der Waals surface area contributed by atoms with Gasteiger partial charge in [0.25, 0.3) is 0 Å². The Bertz CT molecular complexity index is 8090. The van der Waals surface area contributed by atoms with Crippen molar-refractivity contribution in [1.29, 1.82) is 0 Å². The zero-order valence-corrected chi connectivity index (χ0v) is 70.6. The van der Waals surface area contributed by atoms with Crippen LogP contribution in [0.3, 0.4) is 0 Å². The Morgan fingerprint density at radius 3 is 0.820 bits per heavy atom. The molecular formula is C118H72N8S2. The van der Waals surface area contributed by atoms with Crippen molar-refractivity contribution >= 4 is 66.9 Å². The van der Waals surface area contributed by atoms with Crippen LogP contribution in [0, 0.1) is 0 Å². The maximum Gasteiger partial charge on any atom is 0.164 e. The molecule has 4 aromatic heterocycles. The Balaban J connectivity index is 0.000000139. The zero-order chi connectivity index (χ0) is 84.4. The third-order valence-corrected chi connectivity index (χ3v) is 28.4. The highest BCUT2D eigenvalue weighted by Crippen LogP contribution is 2.66. The van der Waals surface area contributed by atoms with E-state index in [4.69, 9.17) is 39.9 Å². The Morgan fingerprint density at radius 2 is 0.422 bits per heavy atom. The van der Waals surface area contributed by atoms with Crippen LogP contribution in [0.2, 0.25) is 0 Å². The average Bonchev–Trinajstić information content (AvgIpc) is 1.47. The molecule has 4 aliphatic rings. The first-order valence-electron chi connectivity index (χ1n) is 43.3. The summed E-state index contributed by atoms with van der Waals surface area (Å²) in [5.74, 6) is 3.75. The first kappa shape index (κ1) is 74.6. The van der Waals surface area contributed by atoms with Crippen LogP contribution in [0.15, 0.2) is 456 Å². The molecule has 0 saturated carbocycles. The fourth-order valence-corrected chi connectivity index (χ4v) is 23.0. The van der Waals surface area contributed by atoms with E-state index in [9.17, 15) is 0 Å². The van der Waals surface area contributed by atoms with Gasteiger partial charge in [0.05, 0.1) is 33.3 Å². The largest absolute Gasteiger partial charge is 0.247 e. The van der Waals surface area contributed by atoms with Crippen molar-refractivity contribution in [3.63, 3.8) is 0 Å². The molecule has 0 unspecified atom stereocenters. The summed E-state index contributed by atoms with van der Waals surface area (Å²) in [6.45, 7) is 0. The molecule has 0 saturated heterocycles. The number of hydrogen-bond donors (Lipinski definition) is 0. The number of rotatable bonds is 10. The molecule has 596 valence electrons. The molecule has 18 aromatic carbocycles. The predicted molar refractivity (Wildman–Crippen MR) is 522 cm³/mol. The van der Waals surface area contributed by atoms with Gasteiger partial charge in [0.15, 0.2) is 34.9 Å². The summed E-state index contributed by atoms with van der Waals surface area (Å²) in [6, 6.07) is 156. The summed E-state index contributed by atoms with van der Waals surface area (Å²) in [7, 11) is 0. The lowest BCUT2D eigenvalue weighted by molar-refractivity contribution is 0.726. The van der Waals surface area contributed by atoms with Crippen LogP contribution in [-0.2, 0) is 10.8 Å². The van der Waals surface area contributed by atoms with Crippen molar-refractivity contribution in [2.24, 2.45) is 0 Å². The molecular weight excluding hydrogens is 1590 g/mol. The summed E-state index contributed by atoms with van der Waals surface area (Å²) in [5, 5.41) is 6.94. The number of fused-ring (bicyclic) bond motifs is 26. The number of benzene rings is 18. The molecule has 0 amide bonds. The van der Waals surface area contributed by atoms with Gasteiger partial charge < -0.3 is 0 Å². The Morgan fingerprint density at radius 1 is 0.164 bits per heavy atom. The minimum Gasteiger partial charge on any atom is -0.247 e. The smallest absolute Gasteiger partial charge is 0.164 e. The Hall–Kier alpha value is -16.0. The van der Waals surface area contributed by atoms with Gasteiger partial charge in [-0.25, -0.2) is 39.9 Å². The van der Waals surface area contributed by atoms with E-state index < -0.39 is 10.8 Å². The molecule has 0 fully saturated rings. The molecule has 0 atom stereocenters. The summed E-state index contributed by atoms with van der Waals surface area (Å²) < 4.78 is 0. The second-order valence-corrected chi connectivity index (χ2v) is 35.1. The maximum atomic E-state index is 5.54. The van der Waals surface area contributed by atoms with Gasteiger partial charge >= 0.3 is 0 Å². The molecule has 128 heavy (non-hydrogen) atoms. The molecule has 2 aliphatic heterocycles. The Kier molecular flexibility index (Phi) is 17.8. The van der Waals surface area contributed by atoms with E-state index in [1.54, 1.807) is 0 Å². The number of hydrogen-bond acceptors (Lipinski definition) is 10. The fraction of sp³-hybridized carbons (Fsp3) is 0.0169. The second-order valence-electron chi connectivity index (χ2n) is 33.0. The summed E-state index contributed by atoms with van der Waals surface area (Å²) in [5.41, 5.74) is 30.7. The second kappa shape index (κ2) is 30.5. The van der Waals surface area contributed by atoms with Crippen LogP contribution in [0.25, 0.3) is 179 Å². The first-order valence-corrected chi connectivity index (χ1v) is 44.9. The number of pyridine rings is 2. The van der Waals surface area contributed by atoms with Crippen molar-refractivity contribution in [3.8, 4) is 135 Å². The van der Waals surface area contributed by atoms with Gasteiger partial charge in [0.2, 0.25) is 0 Å². The van der Waals surface area contributed by atoms with Crippen LogP contribution in [0.5, 0.6) is 0 Å². The van der Waals surface area contributed by atoms with E-state index in [1.807, 2.05) is 108 Å². The summed E-state index contributed by atoms with van der Waals surface area (Å²) in [4.78, 5) is 46.4. The molecule has 22 aromatic rings. The van der Waals surface area contributed by atoms with Crippen LogP contribution in [0.1, 0.15) is 44.5 Å². The number of nitrogens with zero attached hydrogens (tertiary/aromatic N) is 8. The standard InChI is InChI=1S/2C59H36N4S/c1-4-17-37(18-5-1)40-23-16-24-41(35-40)57-61-56(39-21-8-3-9-22-39)62-58(63-57)42-31-32-45-51(36-42)60-54(38-19-6-2-7-20-38)46-33-34-50-55(53(45)46)64-52-30-15-14-29-49(52)59(50)47-27-12-10-25-43(47)44-26-11-13-28-48(44)59;1-4-16-38(17-5-1)54-46-34-35-50-55(64-52-27-15-14-26-49(52)59(50)47-24-12-10-22-43(47)44-23-11-13-25-48(44)59)53(46)45-33-32-42(36-51(45)60-54)37-28-30-41(31-29-37)58-62-56(39-18-6-2-7-19-39)61-57(63-58)40-20-8-3-9-21-40/h2*1-36H. The van der Waals surface area contributed by atoms with Crippen LogP contribution >= 0.6 is 23.5 Å². The van der Waals surface area contributed by atoms with E-state index >= 15 is 0 Å². The lowest BCUT2D eigenvalue weighted by Crippen LogP contribution is -2.32. The van der Waals surface area contributed by atoms with Crippen molar-refractivity contribution in [2.45, 2.75) is 30.4 Å². The van der Waals surface area contributed by atoms with Crippen LogP contribution in [-0.4, -0.2) is 39.9 Å². The third kappa shape index (κ3) is 12.0. The van der Waals surface area contributed by atoms with E-state index in [0.29, 0.717) is 34.9 Å². The minimum absolute atomic E-state index is 0.467. The van der Waals surface area contributed by atoms with E-state index in [-0.39, 0.29) is 0 Å². The highest BCUT2D eigenvalue weighted by Gasteiger charge is 2.52. The number of aromatic nitrogens is 8. The minimum atomic E-state index is -0.492. The average molecular weight is 1670 g/mol. The van der Waals surface area contributed by atoms with E-state index in [1.165, 1.54) is 97.1 Å². The van der Waals surface area contributed by atoms with Crippen molar-refractivity contribution in [3.05, 3.63) is 481 Å². The molecule has 0 radical (unpaired) electrons. The van der Waals surface area contributed by atoms with Gasteiger partial charge in [0, 0.05) is 96.4 Å². The van der Waals surface area contributed by atoms with E-state index in [2.05, 4.69) is 352 Å². The third-order valence-electron chi connectivity index (χ3n) is 26.0. The van der Waals surface area contributed by atoms with E-state index in [0.717, 1.165) is 111 Å². The van der Waals surface area contributed by atoms with Gasteiger partial charge in [-0.2, -0.15) is 0 Å². The van der Waals surface area contributed by atoms with Crippen LogP contribution < -0.4 is 0 Å². The highest BCUT2D eigenvalue weighted by molar-refractivity contribution is 8.00. The lowest BCUT2D eigenvalue weighted by Gasteiger charge is -2.40. The molecule has 10 heteroatoms. The normalized spacial score (nSPS) is 13.1. The molecule has 0 N–H and O–H groups in total. The van der Waals surface area contributed by atoms with Crippen molar-refractivity contribution in [2.75, 3.05) is 0 Å². The maximum absolute atomic E-state index is 5.54. The SMILES string of the molecule is c1ccc(-c2cccc(-c3nc(-c4ccccc4)nc(-c4ccc5c(c4)nc(-c4ccccc4)c4ccc6c(c45)Sc4ccccc4C64c5ccccc5-c5ccccc54)n3)c2)cc1.c1ccc(-c2nc(-c3ccccc3)nc(-c3ccc(-c4ccc5c(c4)nc(-c4ccccc4)c4ccc6c(c45)Sc4ccccc4C64c5ccccc5-c5ccccc54)cc3)n2)cc1. The molecule has 6 heterocycles. The van der Waals surface area contributed by atoms with Gasteiger partial charge in [-0.05, 0) is 119 Å². The zero-order valence-electron chi connectivity index (χ0n) is 69.0. The lowest BCUT2D eigenvalue weighted by atomic mass is 9.67. The summed E-state index contributed by atoms with van der Waals surface area (Å²) in [6.07, 6.45) is 0. The summed E-state index contributed by atoms with van der Waals surface area (Å²) >= 11 is 3.78. The topological polar surface area (TPSA) is 103 Å². The van der Waals surface area contributed by atoms with Crippen LogP contribution in [0.4, 0.5) is 0 Å². The van der Waals surface area contributed by atoms with Gasteiger partial charge in [0.1, 0.15) is 0 Å². The van der Waals surface area contributed by atoms with Crippen molar-refractivity contribution < 1.29 is 0 Å². The fourth-order valence-electron chi connectivity index (χ4n) is 20.3. The molecule has 26 rings (SSSR count). The van der Waals surface area contributed by atoms with Gasteiger partial charge in [-0.15, -0.1) is 0 Å². The monoisotopic (exact) mass is 1660 g/mol. The molecule has 2 aliphatic carbocycles. The first-order chi connectivity index (χ1) is 63.4.